The topological polar surface area (TPSA) is 30.5 Å². The molecule has 0 atom stereocenters. The van der Waals surface area contributed by atoms with E-state index in [1.165, 1.54) is 36.8 Å². The summed E-state index contributed by atoms with van der Waals surface area (Å²) < 4.78 is 11.3. The van der Waals surface area contributed by atoms with Crippen LogP contribution in [-0.2, 0) is 17.6 Å². The number of fused-ring (bicyclic) bond motifs is 1. The van der Waals surface area contributed by atoms with Crippen molar-refractivity contribution in [3.05, 3.63) is 29.3 Å². The second-order valence-corrected chi connectivity index (χ2v) is 6.01. The van der Waals surface area contributed by atoms with Gasteiger partial charge in [-0.3, -0.25) is 0 Å². The number of hydrogen-bond acceptors (Lipinski definition) is 3. The van der Waals surface area contributed by atoms with Crippen molar-refractivity contribution in [1.82, 2.24) is 5.32 Å². The SMILES string of the molecule is CC(C)OCCCNCCOc1ccc2c(c1)CCCC2. The van der Waals surface area contributed by atoms with Gasteiger partial charge in [0, 0.05) is 13.2 Å². The van der Waals surface area contributed by atoms with Crippen LogP contribution in [0.3, 0.4) is 0 Å². The summed E-state index contributed by atoms with van der Waals surface area (Å²) in [5.41, 5.74) is 2.99. The summed E-state index contributed by atoms with van der Waals surface area (Å²) >= 11 is 0. The van der Waals surface area contributed by atoms with Crippen LogP contribution in [0.5, 0.6) is 5.75 Å². The zero-order valence-corrected chi connectivity index (χ0v) is 13.5. The molecule has 3 nitrogen and oxygen atoms in total. The highest BCUT2D eigenvalue weighted by Crippen LogP contribution is 2.25. The van der Waals surface area contributed by atoms with Gasteiger partial charge in [-0.2, -0.15) is 0 Å². The molecule has 0 fully saturated rings. The minimum Gasteiger partial charge on any atom is -0.492 e. The monoisotopic (exact) mass is 291 g/mol. The van der Waals surface area contributed by atoms with Gasteiger partial charge < -0.3 is 14.8 Å². The van der Waals surface area contributed by atoms with Gasteiger partial charge in [0.05, 0.1) is 6.10 Å². The Morgan fingerprint density at radius 3 is 2.67 bits per heavy atom. The third-order valence-electron chi connectivity index (χ3n) is 3.82. The average Bonchev–Trinajstić information content (AvgIpc) is 2.49. The van der Waals surface area contributed by atoms with Crippen LogP contribution in [0.4, 0.5) is 0 Å². The molecule has 0 saturated heterocycles. The van der Waals surface area contributed by atoms with E-state index < -0.39 is 0 Å². The van der Waals surface area contributed by atoms with Crippen molar-refractivity contribution < 1.29 is 9.47 Å². The van der Waals surface area contributed by atoms with Gasteiger partial charge in [-0.1, -0.05) is 6.07 Å². The highest BCUT2D eigenvalue weighted by molar-refractivity contribution is 5.37. The van der Waals surface area contributed by atoms with E-state index in [1.807, 2.05) is 0 Å². The van der Waals surface area contributed by atoms with Crippen molar-refractivity contribution in [3.8, 4) is 5.75 Å². The highest BCUT2D eigenvalue weighted by atomic mass is 16.5. The molecule has 1 aliphatic carbocycles. The number of nitrogens with one attached hydrogen (secondary N) is 1. The van der Waals surface area contributed by atoms with Gasteiger partial charge in [0.25, 0.3) is 0 Å². The van der Waals surface area contributed by atoms with E-state index in [1.54, 1.807) is 0 Å². The lowest BCUT2D eigenvalue weighted by molar-refractivity contribution is 0.0770. The van der Waals surface area contributed by atoms with Crippen LogP contribution in [-0.4, -0.2) is 32.4 Å². The summed E-state index contributed by atoms with van der Waals surface area (Å²) in [6.07, 6.45) is 6.47. The maximum absolute atomic E-state index is 5.82. The van der Waals surface area contributed by atoms with Crippen molar-refractivity contribution in [2.45, 2.75) is 52.1 Å². The fraction of sp³-hybridized carbons (Fsp3) is 0.667. The minimum absolute atomic E-state index is 0.331. The fourth-order valence-electron chi connectivity index (χ4n) is 2.68. The van der Waals surface area contributed by atoms with Gasteiger partial charge in [0.2, 0.25) is 0 Å². The van der Waals surface area contributed by atoms with E-state index in [9.17, 15) is 0 Å². The Kier molecular flexibility index (Phi) is 7.04. The van der Waals surface area contributed by atoms with Gasteiger partial charge in [-0.25, -0.2) is 0 Å². The minimum atomic E-state index is 0.331. The number of benzene rings is 1. The lowest BCUT2D eigenvalue weighted by atomic mass is 9.92. The van der Waals surface area contributed by atoms with Crippen LogP contribution in [0, 0.1) is 0 Å². The molecule has 0 amide bonds. The number of ether oxygens (including phenoxy) is 2. The average molecular weight is 291 g/mol. The molecule has 3 heteroatoms. The van der Waals surface area contributed by atoms with Crippen molar-refractivity contribution >= 4 is 0 Å². The Balaban J connectivity index is 1.56. The molecule has 0 aromatic heterocycles. The quantitative estimate of drug-likeness (QED) is 0.708. The summed E-state index contributed by atoms with van der Waals surface area (Å²) in [7, 11) is 0. The van der Waals surface area contributed by atoms with E-state index in [0.717, 1.165) is 38.5 Å². The molecule has 1 aromatic rings. The van der Waals surface area contributed by atoms with Crippen molar-refractivity contribution in [2.75, 3.05) is 26.3 Å². The maximum Gasteiger partial charge on any atom is 0.119 e. The zero-order valence-electron chi connectivity index (χ0n) is 13.5. The van der Waals surface area contributed by atoms with Gasteiger partial charge in [0.1, 0.15) is 12.4 Å². The second kappa shape index (κ2) is 9.06. The van der Waals surface area contributed by atoms with Crippen LogP contribution in [0.1, 0.15) is 44.2 Å². The molecule has 0 saturated carbocycles. The first-order chi connectivity index (χ1) is 10.3. The first-order valence-electron chi connectivity index (χ1n) is 8.32. The van der Waals surface area contributed by atoms with Gasteiger partial charge in [0.15, 0.2) is 0 Å². The largest absolute Gasteiger partial charge is 0.492 e. The summed E-state index contributed by atoms with van der Waals surface area (Å²) in [5.74, 6) is 1.01. The van der Waals surface area contributed by atoms with Crippen LogP contribution < -0.4 is 10.1 Å². The lowest BCUT2D eigenvalue weighted by Gasteiger charge is -2.17. The molecule has 0 unspecified atom stereocenters. The molecule has 0 spiro atoms. The summed E-state index contributed by atoms with van der Waals surface area (Å²) in [6, 6.07) is 6.58. The third-order valence-corrected chi connectivity index (χ3v) is 3.82. The molecular formula is C18H29NO2. The molecule has 1 aliphatic rings. The summed E-state index contributed by atoms with van der Waals surface area (Å²) in [4.78, 5) is 0. The Morgan fingerprint density at radius 1 is 1.05 bits per heavy atom. The highest BCUT2D eigenvalue weighted by Gasteiger charge is 2.09. The standard InChI is InChI=1S/C18H29NO2/c1-15(2)20-12-5-10-19-11-13-21-18-9-8-16-6-3-4-7-17(16)14-18/h8-9,14-15,19H,3-7,10-13H2,1-2H3. The van der Waals surface area contributed by atoms with Crippen molar-refractivity contribution in [2.24, 2.45) is 0 Å². The maximum atomic E-state index is 5.82. The Morgan fingerprint density at radius 2 is 1.86 bits per heavy atom. The van der Waals surface area contributed by atoms with E-state index in [2.05, 4.69) is 37.4 Å². The normalized spacial score (nSPS) is 14.2. The molecule has 0 aliphatic heterocycles. The van der Waals surface area contributed by atoms with E-state index >= 15 is 0 Å². The van der Waals surface area contributed by atoms with E-state index in [4.69, 9.17) is 9.47 Å². The second-order valence-electron chi connectivity index (χ2n) is 6.01. The third kappa shape index (κ3) is 6.06. The lowest BCUT2D eigenvalue weighted by Crippen LogP contribution is -2.23. The van der Waals surface area contributed by atoms with Crippen LogP contribution in [0.25, 0.3) is 0 Å². The van der Waals surface area contributed by atoms with Crippen molar-refractivity contribution in [1.29, 1.82) is 0 Å². The molecule has 1 N–H and O–H groups in total. The van der Waals surface area contributed by atoms with E-state index in [-0.39, 0.29) is 0 Å². The van der Waals surface area contributed by atoms with Crippen LogP contribution in [0.15, 0.2) is 18.2 Å². The number of hydrogen-bond donors (Lipinski definition) is 1. The summed E-state index contributed by atoms with van der Waals surface area (Å²) in [5, 5.41) is 3.39. The molecule has 0 radical (unpaired) electrons. The van der Waals surface area contributed by atoms with Gasteiger partial charge in [-0.15, -0.1) is 0 Å². The van der Waals surface area contributed by atoms with Crippen LogP contribution >= 0.6 is 0 Å². The predicted octanol–water partition coefficient (Wildman–Crippen LogP) is 3.35. The predicted molar refractivity (Wildman–Crippen MR) is 87.2 cm³/mol. The van der Waals surface area contributed by atoms with Gasteiger partial charge in [-0.05, 0) is 75.8 Å². The molecule has 0 bridgehead atoms. The number of aryl methyl sites for hydroxylation is 2. The van der Waals surface area contributed by atoms with Crippen molar-refractivity contribution in [3.63, 3.8) is 0 Å². The molecular weight excluding hydrogens is 262 g/mol. The van der Waals surface area contributed by atoms with E-state index in [0.29, 0.717) is 6.10 Å². The number of rotatable bonds is 9. The molecule has 118 valence electrons. The summed E-state index contributed by atoms with van der Waals surface area (Å²) in [6.45, 7) is 7.57. The van der Waals surface area contributed by atoms with Gasteiger partial charge >= 0.3 is 0 Å². The molecule has 0 heterocycles. The Hall–Kier alpha value is -1.06. The smallest absolute Gasteiger partial charge is 0.119 e. The van der Waals surface area contributed by atoms with Crippen LogP contribution in [0.2, 0.25) is 0 Å². The Labute approximate surface area is 129 Å². The zero-order chi connectivity index (χ0) is 14.9. The fourth-order valence-corrected chi connectivity index (χ4v) is 2.68. The first kappa shape index (κ1) is 16.3. The molecule has 1 aromatic carbocycles. The molecule has 21 heavy (non-hydrogen) atoms. The Bertz CT molecular complexity index is 418. The molecule has 2 rings (SSSR count). The first-order valence-corrected chi connectivity index (χ1v) is 8.32.